The number of nitrogen functional groups attached to an aromatic ring is 1. The minimum Gasteiger partial charge on any atom is -0.393 e. The molecular formula is C29H34N8O2. The lowest BCUT2D eigenvalue weighted by Gasteiger charge is -2.29. The van der Waals surface area contributed by atoms with Crippen LogP contribution in [0.3, 0.4) is 0 Å². The van der Waals surface area contributed by atoms with Crippen molar-refractivity contribution < 1.29 is 9.90 Å². The first kappa shape index (κ1) is 25.4. The first-order chi connectivity index (χ1) is 19.0. The fourth-order valence-corrected chi connectivity index (χ4v) is 5.51. The number of carbonyl (C=O) groups excluding carboxylic acids is 1. The van der Waals surface area contributed by atoms with Crippen molar-refractivity contribution in [1.82, 2.24) is 29.7 Å². The van der Waals surface area contributed by atoms with Crippen LogP contribution >= 0.6 is 0 Å². The number of nitrogens with two attached hydrogens (primary N) is 1. The number of aliphatic hydroxyl groups is 1. The van der Waals surface area contributed by atoms with E-state index in [9.17, 15) is 9.90 Å². The summed E-state index contributed by atoms with van der Waals surface area (Å²) in [7, 11) is 0. The van der Waals surface area contributed by atoms with Gasteiger partial charge < -0.3 is 16.3 Å². The molecule has 5 heterocycles. The maximum atomic E-state index is 13.2. The Bertz CT molecular complexity index is 1450. The summed E-state index contributed by atoms with van der Waals surface area (Å²) in [6.07, 6.45) is 9.29. The van der Waals surface area contributed by atoms with Gasteiger partial charge in [0.05, 0.1) is 29.2 Å². The van der Waals surface area contributed by atoms with Crippen molar-refractivity contribution in [2.45, 2.75) is 44.9 Å². The van der Waals surface area contributed by atoms with Gasteiger partial charge in [-0.1, -0.05) is 6.07 Å². The summed E-state index contributed by atoms with van der Waals surface area (Å²) in [6, 6.07) is 11.7. The summed E-state index contributed by atoms with van der Waals surface area (Å²) in [5.74, 6) is 5.77. The molecule has 0 aliphatic carbocycles. The Kier molecular flexibility index (Phi) is 7.23. The van der Waals surface area contributed by atoms with Gasteiger partial charge in [0.25, 0.3) is 5.91 Å². The third-order valence-corrected chi connectivity index (χ3v) is 7.68. The average Bonchev–Trinajstić information content (AvgIpc) is 3.58. The van der Waals surface area contributed by atoms with Gasteiger partial charge in [-0.3, -0.25) is 24.6 Å². The van der Waals surface area contributed by atoms with E-state index in [0.29, 0.717) is 16.6 Å². The number of nitrogens with zero attached hydrogens (tertiary/aromatic N) is 6. The van der Waals surface area contributed by atoms with E-state index < -0.39 is 0 Å². The van der Waals surface area contributed by atoms with Gasteiger partial charge in [0.15, 0.2) is 5.69 Å². The largest absolute Gasteiger partial charge is 0.393 e. The van der Waals surface area contributed by atoms with Gasteiger partial charge in [0, 0.05) is 49.5 Å². The van der Waals surface area contributed by atoms with Crippen molar-refractivity contribution in [3.8, 4) is 11.1 Å². The number of hydrogen-bond donors (Lipinski definition) is 3. The van der Waals surface area contributed by atoms with Crippen molar-refractivity contribution in [3.05, 3.63) is 71.9 Å². The van der Waals surface area contributed by atoms with E-state index in [0.717, 1.165) is 74.5 Å². The van der Waals surface area contributed by atoms with Crippen molar-refractivity contribution in [1.29, 1.82) is 0 Å². The van der Waals surface area contributed by atoms with Gasteiger partial charge in [0.2, 0.25) is 0 Å². The van der Waals surface area contributed by atoms with Crippen molar-refractivity contribution in [2.24, 2.45) is 0 Å². The number of aliphatic hydroxyl groups excluding tert-OH is 1. The van der Waals surface area contributed by atoms with E-state index >= 15 is 0 Å². The molecule has 4 N–H and O–H groups in total. The Hall–Kier alpha value is -3.86. The molecule has 10 heteroatoms. The molecule has 2 aliphatic heterocycles. The molecule has 0 radical (unpaired) electrons. The standard InChI is InChI=1S/C29H34N8O2/c30-37-27-6-3-21(22-13-20(15-31-16-22)18-36-11-7-25(38)8-12-36)14-26(27)28(34-37)29(39)33-23-4-5-24(32-17-23)19-35-9-1-2-10-35/h3-6,13-17,25,38H,1-2,7-12,18-19,30H2,(H,33,39). The van der Waals surface area contributed by atoms with Crippen LogP contribution < -0.4 is 11.2 Å². The summed E-state index contributed by atoms with van der Waals surface area (Å²) in [4.78, 5) is 28.2. The first-order valence-electron chi connectivity index (χ1n) is 13.6. The van der Waals surface area contributed by atoms with Gasteiger partial charge in [-0.25, -0.2) is 0 Å². The second kappa shape index (κ2) is 11.1. The molecule has 4 aromatic rings. The number of pyridine rings is 2. The molecule has 0 spiro atoms. The topological polar surface area (TPSA) is 125 Å². The van der Waals surface area contributed by atoms with Crippen LogP contribution in [-0.4, -0.2) is 73.0 Å². The van der Waals surface area contributed by atoms with Crippen LogP contribution in [0.15, 0.2) is 55.0 Å². The zero-order chi connectivity index (χ0) is 26.8. The van der Waals surface area contributed by atoms with Gasteiger partial charge in [-0.2, -0.15) is 4.79 Å². The summed E-state index contributed by atoms with van der Waals surface area (Å²) in [6.45, 7) is 5.59. The molecule has 202 valence electrons. The number of rotatable bonds is 7. The van der Waals surface area contributed by atoms with Crippen molar-refractivity contribution >= 4 is 22.5 Å². The fraction of sp³-hybridized carbons (Fsp3) is 0.379. The van der Waals surface area contributed by atoms with Gasteiger partial charge in [-0.15, -0.1) is 5.10 Å². The molecule has 6 rings (SSSR count). The average molecular weight is 527 g/mol. The Labute approximate surface area is 227 Å². The molecular weight excluding hydrogens is 492 g/mol. The molecule has 0 atom stereocenters. The highest BCUT2D eigenvalue weighted by Crippen LogP contribution is 2.27. The lowest BCUT2D eigenvalue weighted by atomic mass is 10.0. The Morgan fingerprint density at radius 3 is 2.51 bits per heavy atom. The maximum Gasteiger partial charge on any atom is 0.276 e. The molecule has 1 aromatic carbocycles. The SMILES string of the molecule is Nn1nc(C(=O)Nc2ccc(CN3CCCC3)nc2)c2cc(-c3cncc(CN4CCC(O)CC4)c3)ccc21. The number of benzene rings is 1. The number of aromatic nitrogens is 4. The van der Waals surface area contributed by atoms with Gasteiger partial charge >= 0.3 is 0 Å². The summed E-state index contributed by atoms with van der Waals surface area (Å²) >= 11 is 0. The van der Waals surface area contributed by atoms with E-state index in [2.05, 4.69) is 36.2 Å². The Morgan fingerprint density at radius 1 is 0.949 bits per heavy atom. The predicted octanol–water partition coefficient (Wildman–Crippen LogP) is 3.01. The van der Waals surface area contributed by atoms with E-state index in [4.69, 9.17) is 5.84 Å². The van der Waals surface area contributed by atoms with E-state index in [-0.39, 0.29) is 17.7 Å². The lowest BCUT2D eigenvalue weighted by molar-refractivity contribution is 0.0792. The van der Waals surface area contributed by atoms with Crippen LogP contribution in [0, 0.1) is 0 Å². The smallest absolute Gasteiger partial charge is 0.276 e. The third kappa shape index (κ3) is 5.78. The summed E-state index contributed by atoms with van der Waals surface area (Å²) in [5, 5.41) is 17.7. The third-order valence-electron chi connectivity index (χ3n) is 7.68. The van der Waals surface area contributed by atoms with Crippen molar-refractivity contribution in [2.75, 3.05) is 37.3 Å². The molecule has 3 aromatic heterocycles. The zero-order valence-electron chi connectivity index (χ0n) is 22.0. The molecule has 10 nitrogen and oxygen atoms in total. The number of fused-ring (bicyclic) bond motifs is 1. The van der Waals surface area contributed by atoms with Crippen LogP contribution in [-0.2, 0) is 13.1 Å². The molecule has 0 unspecified atom stereocenters. The molecule has 39 heavy (non-hydrogen) atoms. The number of likely N-dealkylation sites (tertiary alicyclic amines) is 2. The minimum atomic E-state index is -0.338. The van der Waals surface area contributed by atoms with Gasteiger partial charge in [0.1, 0.15) is 0 Å². The van der Waals surface area contributed by atoms with Crippen LogP contribution in [0.1, 0.15) is 47.4 Å². The van der Waals surface area contributed by atoms with Crippen LogP contribution in [0.2, 0.25) is 0 Å². The predicted molar refractivity (Wildman–Crippen MR) is 150 cm³/mol. The number of nitrogens with one attached hydrogen (secondary N) is 1. The van der Waals surface area contributed by atoms with E-state index in [1.807, 2.05) is 42.7 Å². The molecule has 1 amide bonds. The second-order valence-corrected chi connectivity index (χ2v) is 10.6. The zero-order valence-corrected chi connectivity index (χ0v) is 22.0. The highest BCUT2D eigenvalue weighted by Gasteiger charge is 2.20. The molecule has 2 fully saturated rings. The maximum absolute atomic E-state index is 13.2. The highest BCUT2D eigenvalue weighted by molar-refractivity contribution is 6.11. The quantitative estimate of drug-likeness (QED) is 0.314. The Morgan fingerprint density at radius 2 is 1.74 bits per heavy atom. The van der Waals surface area contributed by atoms with Gasteiger partial charge in [-0.05, 0) is 80.2 Å². The lowest BCUT2D eigenvalue weighted by Crippen LogP contribution is -2.35. The first-order valence-corrected chi connectivity index (χ1v) is 13.6. The Balaban J connectivity index is 1.19. The van der Waals surface area contributed by atoms with E-state index in [1.54, 1.807) is 6.20 Å². The number of piperidine rings is 1. The normalized spacial score (nSPS) is 17.2. The van der Waals surface area contributed by atoms with Crippen LogP contribution in [0.4, 0.5) is 5.69 Å². The van der Waals surface area contributed by atoms with E-state index in [1.165, 1.54) is 17.6 Å². The number of amides is 1. The van der Waals surface area contributed by atoms with Crippen LogP contribution in [0.25, 0.3) is 22.0 Å². The van der Waals surface area contributed by atoms with Crippen LogP contribution in [0.5, 0.6) is 0 Å². The monoisotopic (exact) mass is 526 g/mol. The molecule has 2 aliphatic rings. The van der Waals surface area contributed by atoms with Crippen molar-refractivity contribution in [3.63, 3.8) is 0 Å². The molecule has 0 bridgehead atoms. The minimum absolute atomic E-state index is 0.192. The number of carbonyl (C=O) groups is 1. The second-order valence-electron chi connectivity index (χ2n) is 10.6. The molecule has 0 saturated carbocycles. The number of hydrogen-bond acceptors (Lipinski definition) is 8. The molecule has 2 saturated heterocycles. The fourth-order valence-electron chi connectivity index (χ4n) is 5.51. The highest BCUT2D eigenvalue weighted by atomic mass is 16.3. The number of anilines is 1. The summed E-state index contributed by atoms with van der Waals surface area (Å²) in [5.41, 5.74) is 5.52. The summed E-state index contributed by atoms with van der Waals surface area (Å²) < 4.78 is 0.